The lowest BCUT2D eigenvalue weighted by molar-refractivity contribution is 0.0600. The molecular weight excluding hydrogens is 366 g/mol. The Bertz CT molecular complexity index is 925. The van der Waals surface area contributed by atoms with E-state index in [1.807, 2.05) is 0 Å². The molecule has 0 unspecified atom stereocenters. The maximum atomic E-state index is 12.8. The van der Waals surface area contributed by atoms with Gasteiger partial charge in [0, 0.05) is 5.02 Å². The fraction of sp³-hybridized carbons (Fsp3) is 0.235. The van der Waals surface area contributed by atoms with Crippen LogP contribution >= 0.6 is 11.6 Å². The number of methoxy groups -OCH3 is 2. The van der Waals surface area contributed by atoms with E-state index >= 15 is 0 Å². The Balaban J connectivity index is 2.50. The van der Waals surface area contributed by atoms with Crippen molar-refractivity contribution in [2.24, 2.45) is 0 Å². The number of esters is 1. The molecule has 0 aliphatic carbocycles. The van der Waals surface area contributed by atoms with Crippen LogP contribution in [0.5, 0.6) is 5.75 Å². The first-order valence-electron chi connectivity index (χ1n) is 7.25. The average molecular weight is 384 g/mol. The summed E-state index contributed by atoms with van der Waals surface area (Å²) in [4.78, 5) is 11.8. The van der Waals surface area contributed by atoms with Crippen LogP contribution in [0.25, 0.3) is 0 Å². The number of carbonyl (C=O) groups excluding carboxylic acids is 1. The van der Waals surface area contributed by atoms with Gasteiger partial charge in [0.15, 0.2) is 0 Å². The van der Waals surface area contributed by atoms with E-state index in [0.29, 0.717) is 16.1 Å². The van der Waals surface area contributed by atoms with Gasteiger partial charge in [0.2, 0.25) is 0 Å². The number of halogens is 1. The third-order valence-corrected chi connectivity index (χ3v) is 5.53. The molecule has 0 amide bonds. The van der Waals surface area contributed by atoms with Gasteiger partial charge in [0.25, 0.3) is 10.0 Å². The van der Waals surface area contributed by atoms with Crippen molar-refractivity contribution in [1.29, 1.82) is 0 Å². The first-order valence-corrected chi connectivity index (χ1v) is 9.11. The summed E-state index contributed by atoms with van der Waals surface area (Å²) in [6.45, 7) is 3.38. The number of hydrogen-bond donors (Lipinski definition) is 1. The number of hydrogen-bond acceptors (Lipinski definition) is 5. The molecule has 25 heavy (non-hydrogen) atoms. The molecule has 0 saturated carbocycles. The van der Waals surface area contributed by atoms with Gasteiger partial charge >= 0.3 is 5.97 Å². The molecule has 2 aromatic carbocycles. The monoisotopic (exact) mass is 383 g/mol. The van der Waals surface area contributed by atoms with Gasteiger partial charge in [-0.15, -0.1) is 0 Å². The molecule has 0 spiro atoms. The minimum absolute atomic E-state index is 0.0972. The van der Waals surface area contributed by atoms with Crippen LogP contribution in [0.15, 0.2) is 35.2 Å². The fourth-order valence-electron chi connectivity index (χ4n) is 2.28. The van der Waals surface area contributed by atoms with E-state index in [-0.39, 0.29) is 21.9 Å². The second kappa shape index (κ2) is 7.33. The van der Waals surface area contributed by atoms with Crippen molar-refractivity contribution < 1.29 is 22.7 Å². The van der Waals surface area contributed by atoms with Crippen LogP contribution in [-0.4, -0.2) is 28.6 Å². The summed E-state index contributed by atoms with van der Waals surface area (Å²) in [7, 11) is -1.25. The van der Waals surface area contributed by atoms with Gasteiger partial charge in [-0.25, -0.2) is 13.2 Å². The fourth-order valence-corrected chi connectivity index (χ4v) is 3.87. The third-order valence-electron chi connectivity index (χ3n) is 3.61. The third kappa shape index (κ3) is 4.05. The molecule has 0 aliphatic heterocycles. The molecular formula is C17H18ClNO5S. The zero-order valence-corrected chi connectivity index (χ0v) is 15.8. The molecule has 0 heterocycles. The molecule has 0 fully saturated rings. The number of anilines is 1. The zero-order chi connectivity index (χ0) is 18.8. The lowest BCUT2D eigenvalue weighted by Crippen LogP contribution is -2.16. The lowest BCUT2D eigenvalue weighted by atomic mass is 10.2. The molecule has 0 aromatic heterocycles. The zero-order valence-electron chi connectivity index (χ0n) is 14.2. The van der Waals surface area contributed by atoms with Crippen molar-refractivity contribution in [3.63, 3.8) is 0 Å². The van der Waals surface area contributed by atoms with E-state index < -0.39 is 16.0 Å². The van der Waals surface area contributed by atoms with Crippen LogP contribution in [-0.2, 0) is 14.8 Å². The highest BCUT2D eigenvalue weighted by Crippen LogP contribution is 2.30. The molecule has 0 bridgehead atoms. The highest BCUT2D eigenvalue weighted by molar-refractivity contribution is 7.92. The number of aryl methyl sites for hydroxylation is 2. The van der Waals surface area contributed by atoms with E-state index in [1.165, 1.54) is 38.5 Å². The molecule has 8 heteroatoms. The first kappa shape index (κ1) is 19.1. The number of carbonyl (C=O) groups is 1. The average Bonchev–Trinajstić information content (AvgIpc) is 2.56. The van der Waals surface area contributed by atoms with Crippen molar-refractivity contribution in [1.82, 2.24) is 0 Å². The molecule has 0 saturated heterocycles. The van der Waals surface area contributed by atoms with Gasteiger partial charge in [-0.1, -0.05) is 11.6 Å². The minimum Gasteiger partial charge on any atom is -0.495 e. The van der Waals surface area contributed by atoms with Gasteiger partial charge in [0.05, 0.1) is 30.4 Å². The maximum Gasteiger partial charge on any atom is 0.337 e. The Labute approximate surface area is 151 Å². The van der Waals surface area contributed by atoms with Gasteiger partial charge in [-0.3, -0.25) is 4.72 Å². The predicted molar refractivity (Wildman–Crippen MR) is 96.1 cm³/mol. The Morgan fingerprint density at radius 3 is 2.36 bits per heavy atom. The van der Waals surface area contributed by atoms with E-state index in [2.05, 4.69) is 9.46 Å². The Hall–Kier alpha value is -2.25. The topological polar surface area (TPSA) is 81.7 Å². The van der Waals surface area contributed by atoms with Crippen LogP contribution in [0.4, 0.5) is 5.69 Å². The normalized spacial score (nSPS) is 11.1. The number of ether oxygens (including phenoxy) is 2. The van der Waals surface area contributed by atoms with Crippen LogP contribution in [0.2, 0.25) is 5.02 Å². The highest BCUT2D eigenvalue weighted by Gasteiger charge is 2.21. The van der Waals surface area contributed by atoms with E-state index in [4.69, 9.17) is 16.3 Å². The second-order valence-electron chi connectivity index (χ2n) is 5.38. The Morgan fingerprint density at radius 1 is 1.08 bits per heavy atom. The summed E-state index contributed by atoms with van der Waals surface area (Å²) in [6.07, 6.45) is 0. The van der Waals surface area contributed by atoms with E-state index in [9.17, 15) is 13.2 Å². The van der Waals surface area contributed by atoms with Gasteiger partial charge in [-0.2, -0.15) is 0 Å². The molecule has 0 aliphatic rings. The first-order chi connectivity index (χ1) is 11.7. The van der Waals surface area contributed by atoms with Crippen LogP contribution in [0.3, 0.4) is 0 Å². The van der Waals surface area contributed by atoms with Crippen LogP contribution < -0.4 is 9.46 Å². The SMILES string of the molecule is COC(=O)c1ccc(OC)c(NS(=O)(=O)c2cc(C)c(Cl)cc2C)c1. The molecule has 0 radical (unpaired) electrons. The number of rotatable bonds is 5. The van der Waals surface area contributed by atoms with Crippen molar-refractivity contribution in [3.05, 3.63) is 52.0 Å². The van der Waals surface area contributed by atoms with E-state index in [0.717, 1.165) is 0 Å². The molecule has 2 aromatic rings. The van der Waals surface area contributed by atoms with Crippen LogP contribution in [0.1, 0.15) is 21.5 Å². The van der Waals surface area contributed by atoms with Gasteiger partial charge in [0.1, 0.15) is 5.75 Å². The number of benzene rings is 2. The van der Waals surface area contributed by atoms with Crippen molar-refractivity contribution in [3.8, 4) is 5.75 Å². The van der Waals surface area contributed by atoms with Gasteiger partial charge in [-0.05, 0) is 55.3 Å². The summed E-state index contributed by atoms with van der Waals surface area (Å²) in [6, 6.07) is 7.43. The minimum atomic E-state index is -3.91. The Morgan fingerprint density at radius 2 is 1.76 bits per heavy atom. The number of nitrogens with one attached hydrogen (secondary N) is 1. The summed E-state index contributed by atoms with van der Waals surface area (Å²) in [5.74, 6) is -0.304. The molecule has 2 rings (SSSR count). The summed E-state index contributed by atoms with van der Waals surface area (Å²) >= 11 is 6.03. The molecule has 134 valence electrons. The van der Waals surface area contributed by atoms with E-state index in [1.54, 1.807) is 19.9 Å². The van der Waals surface area contributed by atoms with Crippen LogP contribution in [0, 0.1) is 13.8 Å². The lowest BCUT2D eigenvalue weighted by Gasteiger charge is -2.15. The standard InChI is InChI=1S/C17H18ClNO5S/c1-10-8-16(11(2)7-13(10)18)25(21,22)19-14-9-12(17(20)24-4)5-6-15(14)23-3/h5-9,19H,1-4H3. The number of sulfonamides is 1. The summed E-state index contributed by atoms with van der Waals surface area (Å²) in [5, 5.41) is 0.488. The maximum absolute atomic E-state index is 12.8. The second-order valence-corrected chi connectivity index (χ2v) is 7.44. The molecule has 6 nitrogen and oxygen atoms in total. The molecule has 1 N–H and O–H groups in total. The predicted octanol–water partition coefficient (Wildman–Crippen LogP) is 3.55. The highest BCUT2D eigenvalue weighted by atomic mass is 35.5. The quantitative estimate of drug-likeness (QED) is 0.798. The smallest absolute Gasteiger partial charge is 0.337 e. The summed E-state index contributed by atoms with van der Waals surface area (Å²) in [5.41, 5.74) is 1.48. The van der Waals surface area contributed by atoms with Crippen molar-refractivity contribution in [2.75, 3.05) is 18.9 Å². The largest absolute Gasteiger partial charge is 0.495 e. The van der Waals surface area contributed by atoms with Crippen molar-refractivity contribution in [2.45, 2.75) is 18.7 Å². The van der Waals surface area contributed by atoms with Gasteiger partial charge < -0.3 is 9.47 Å². The Kier molecular flexibility index (Phi) is 5.59. The van der Waals surface area contributed by atoms with Crippen molar-refractivity contribution >= 4 is 33.3 Å². The summed E-state index contributed by atoms with van der Waals surface area (Å²) < 4.78 is 37.8. The molecule has 0 atom stereocenters.